The highest BCUT2D eigenvalue weighted by molar-refractivity contribution is 6.06. The van der Waals surface area contributed by atoms with Crippen molar-refractivity contribution in [1.82, 2.24) is 14.7 Å². The molecule has 0 aromatic carbocycles. The third-order valence-corrected chi connectivity index (χ3v) is 8.72. The van der Waals surface area contributed by atoms with Crippen molar-refractivity contribution < 1.29 is 0 Å². The molecule has 2 saturated heterocycles. The summed E-state index contributed by atoms with van der Waals surface area (Å²) in [6.07, 6.45) is 14.4. The maximum atomic E-state index is 8.55. The highest BCUT2D eigenvalue weighted by Gasteiger charge is 2.49. The van der Waals surface area contributed by atoms with E-state index >= 15 is 0 Å². The molecule has 0 aromatic rings. The van der Waals surface area contributed by atoms with Crippen LogP contribution in [0.2, 0.25) is 0 Å². The Bertz CT molecular complexity index is 813. The Balaban J connectivity index is 1.35. The van der Waals surface area contributed by atoms with Crippen LogP contribution in [-0.2, 0) is 0 Å². The highest BCUT2D eigenvalue weighted by Crippen LogP contribution is 2.55. The minimum Gasteiger partial charge on any atom is -0.376 e. The second-order valence-corrected chi connectivity index (χ2v) is 11.5. The first-order valence-corrected chi connectivity index (χ1v) is 12.7. The lowest BCUT2D eigenvalue weighted by Crippen LogP contribution is -2.46. The molecule has 176 valence electrons. The molecule has 0 amide bonds. The van der Waals surface area contributed by atoms with Crippen molar-refractivity contribution in [3.63, 3.8) is 0 Å². The topological polar surface area (TPSA) is 33.6 Å². The van der Waals surface area contributed by atoms with Gasteiger partial charge in [-0.15, -0.1) is 0 Å². The lowest BCUT2D eigenvalue weighted by molar-refractivity contribution is 0.0203. The number of likely N-dealkylation sites (tertiary alicyclic amines) is 2. The maximum absolute atomic E-state index is 8.55. The number of hydrogen-bond donors (Lipinski definition) is 1. The van der Waals surface area contributed by atoms with Crippen molar-refractivity contribution in [2.24, 2.45) is 23.2 Å². The van der Waals surface area contributed by atoms with Crippen LogP contribution in [-0.4, -0.2) is 66.7 Å². The lowest BCUT2D eigenvalue weighted by Gasteiger charge is -2.48. The standard InChI is InChI=1S/C28H44N4/c1-7-21(3)27(30(5)6)25(29)9-8-22(4)32-13-11-24-17-31(18-26(24)32)19-28-12-10-20(2)14-23(15-28)16-28/h7-9,20,23-24,26,29H,1,4,10-19H2,2-3,5-6H3/b9-8-,27-21-,29-25?. The predicted molar refractivity (Wildman–Crippen MR) is 136 cm³/mol. The van der Waals surface area contributed by atoms with Crippen molar-refractivity contribution in [2.75, 3.05) is 40.3 Å². The fourth-order valence-electron chi connectivity index (χ4n) is 7.25. The molecule has 2 aliphatic heterocycles. The molecular formula is C28H44N4. The number of rotatable bonds is 8. The Hall–Kier alpha value is -1.81. The molecule has 3 atom stereocenters. The van der Waals surface area contributed by atoms with Crippen LogP contribution in [0.1, 0.15) is 52.4 Å². The molecule has 3 unspecified atom stereocenters. The molecule has 1 N–H and O–H groups in total. The van der Waals surface area contributed by atoms with Gasteiger partial charge < -0.3 is 14.7 Å². The van der Waals surface area contributed by atoms with Crippen molar-refractivity contribution in [1.29, 1.82) is 5.41 Å². The van der Waals surface area contributed by atoms with Gasteiger partial charge in [-0.25, -0.2) is 0 Å². The molecule has 5 fully saturated rings. The number of nitrogens with one attached hydrogen (secondary N) is 1. The summed E-state index contributed by atoms with van der Waals surface area (Å²) in [4.78, 5) is 7.29. The van der Waals surface area contributed by atoms with Gasteiger partial charge in [-0.1, -0.05) is 32.6 Å². The van der Waals surface area contributed by atoms with Gasteiger partial charge >= 0.3 is 0 Å². The number of allylic oxidation sites excluding steroid dienone is 4. The quantitative estimate of drug-likeness (QED) is 0.413. The van der Waals surface area contributed by atoms with Gasteiger partial charge in [-0.3, -0.25) is 5.41 Å². The molecule has 5 aliphatic rings. The summed E-state index contributed by atoms with van der Waals surface area (Å²) in [6, 6.07) is 0.595. The van der Waals surface area contributed by atoms with Crippen LogP contribution in [0.25, 0.3) is 0 Å². The molecule has 4 heteroatoms. The Kier molecular flexibility index (Phi) is 6.72. The van der Waals surface area contributed by atoms with Crippen LogP contribution in [0.4, 0.5) is 0 Å². The maximum Gasteiger partial charge on any atom is 0.0776 e. The largest absolute Gasteiger partial charge is 0.376 e. The molecule has 32 heavy (non-hydrogen) atoms. The third-order valence-electron chi connectivity index (χ3n) is 8.72. The first-order chi connectivity index (χ1) is 15.2. The molecule has 5 rings (SSSR count). The second kappa shape index (κ2) is 9.21. The lowest BCUT2D eigenvalue weighted by atomic mass is 9.60. The van der Waals surface area contributed by atoms with Crippen LogP contribution in [0.3, 0.4) is 0 Å². The molecule has 3 aliphatic carbocycles. The predicted octanol–water partition coefficient (Wildman–Crippen LogP) is 5.32. The van der Waals surface area contributed by atoms with E-state index < -0.39 is 0 Å². The highest BCUT2D eigenvalue weighted by atomic mass is 15.3. The van der Waals surface area contributed by atoms with Gasteiger partial charge in [0.15, 0.2) is 0 Å². The first kappa shape index (κ1) is 23.4. The van der Waals surface area contributed by atoms with Crippen molar-refractivity contribution >= 4 is 5.71 Å². The van der Waals surface area contributed by atoms with Gasteiger partial charge in [0, 0.05) is 52.0 Å². The third kappa shape index (κ3) is 4.62. The average molecular weight is 437 g/mol. The fraction of sp³-hybridized carbons (Fsp3) is 0.679. The summed E-state index contributed by atoms with van der Waals surface area (Å²) in [5.74, 6) is 2.72. The Labute approximate surface area is 196 Å². The van der Waals surface area contributed by atoms with E-state index in [9.17, 15) is 0 Å². The minimum absolute atomic E-state index is 0.513. The van der Waals surface area contributed by atoms with Crippen molar-refractivity contribution in [3.05, 3.63) is 48.4 Å². The zero-order valence-corrected chi connectivity index (χ0v) is 20.9. The fourth-order valence-corrected chi connectivity index (χ4v) is 7.25. The van der Waals surface area contributed by atoms with E-state index in [1.807, 2.05) is 38.1 Å². The molecule has 0 radical (unpaired) electrons. The number of nitrogens with zero attached hydrogens (tertiary/aromatic N) is 3. The second-order valence-electron chi connectivity index (χ2n) is 11.5. The van der Waals surface area contributed by atoms with E-state index in [1.165, 1.54) is 58.2 Å². The molecular weight excluding hydrogens is 392 g/mol. The van der Waals surface area contributed by atoms with Crippen LogP contribution >= 0.6 is 0 Å². The number of fused-ring (bicyclic) bond motifs is 4. The van der Waals surface area contributed by atoms with Crippen molar-refractivity contribution in [3.8, 4) is 0 Å². The molecule has 2 bridgehead atoms. The smallest absolute Gasteiger partial charge is 0.0776 e. The molecule has 2 heterocycles. The van der Waals surface area contributed by atoms with Crippen molar-refractivity contribution in [2.45, 2.75) is 58.4 Å². The minimum atomic E-state index is 0.513. The normalized spacial score (nSPS) is 35.2. The van der Waals surface area contributed by atoms with Crippen LogP contribution < -0.4 is 0 Å². The van der Waals surface area contributed by atoms with E-state index in [0.29, 0.717) is 17.2 Å². The van der Waals surface area contributed by atoms with Gasteiger partial charge in [-0.2, -0.15) is 0 Å². The average Bonchev–Trinajstić information content (AvgIpc) is 3.19. The van der Waals surface area contributed by atoms with E-state index in [2.05, 4.69) is 36.0 Å². The number of hydrogen-bond acceptors (Lipinski definition) is 4. The van der Waals surface area contributed by atoms with E-state index in [0.717, 1.165) is 41.3 Å². The molecule has 0 spiro atoms. The Morgan fingerprint density at radius 1 is 1.19 bits per heavy atom. The van der Waals surface area contributed by atoms with Gasteiger partial charge in [-0.05, 0) is 79.9 Å². The summed E-state index contributed by atoms with van der Waals surface area (Å²) >= 11 is 0. The van der Waals surface area contributed by atoms with E-state index in [1.54, 1.807) is 0 Å². The molecule has 3 saturated carbocycles. The Morgan fingerprint density at radius 3 is 2.62 bits per heavy atom. The molecule has 0 aromatic heterocycles. The van der Waals surface area contributed by atoms with Gasteiger partial charge in [0.1, 0.15) is 0 Å². The van der Waals surface area contributed by atoms with Crippen LogP contribution in [0.5, 0.6) is 0 Å². The summed E-state index contributed by atoms with van der Waals surface area (Å²) in [5.41, 5.74) is 4.13. The zero-order chi connectivity index (χ0) is 23.0. The SMILES string of the molecule is C=C/C(C)=C(/C(=N)/C=C\C(=C)N1CCC2CN(CC34CCC(C)CC(C3)C4)CC21)N(C)C. The monoisotopic (exact) mass is 436 g/mol. The van der Waals surface area contributed by atoms with Gasteiger partial charge in [0.05, 0.1) is 11.4 Å². The summed E-state index contributed by atoms with van der Waals surface area (Å²) < 4.78 is 0. The summed E-state index contributed by atoms with van der Waals surface area (Å²) in [7, 11) is 3.97. The van der Waals surface area contributed by atoms with Crippen LogP contribution in [0.15, 0.2) is 48.4 Å². The Morgan fingerprint density at radius 2 is 1.94 bits per heavy atom. The van der Waals surface area contributed by atoms with E-state index in [-0.39, 0.29) is 0 Å². The molecule has 4 nitrogen and oxygen atoms in total. The first-order valence-electron chi connectivity index (χ1n) is 12.7. The summed E-state index contributed by atoms with van der Waals surface area (Å²) in [6.45, 7) is 17.6. The zero-order valence-electron chi connectivity index (χ0n) is 20.9. The van der Waals surface area contributed by atoms with Gasteiger partial charge in [0.25, 0.3) is 0 Å². The van der Waals surface area contributed by atoms with Crippen LogP contribution in [0, 0.1) is 28.6 Å². The van der Waals surface area contributed by atoms with Gasteiger partial charge in [0.2, 0.25) is 0 Å². The summed E-state index contributed by atoms with van der Waals surface area (Å²) in [5, 5.41) is 8.55. The van der Waals surface area contributed by atoms with E-state index in [4.69, 9.17) is 5.41 Å².